The minimum Gasteiger partial charge on any atom is -0.361 e. The van der Waals surface area contributed by atoms with E-state index in [1.165, 1.54) is 22.9 Å². The number of para-hydroxylation sites is 1. The molecule has 1 aliphatic carbocycles. The Morgan fingerprint density at radius 2 is 2.12 bits per heavy atom. The van der Waals surface area contributed by atoms with Gasteiger partial charge in [0.15, 0.2) is 0 Å². The monoisotopic (exact) mass is 214 g/mol. The first-order chi connectivity index (χ1) is 7.67. The van der Waals surface area contributed by atoms with Gasteiger partial charge in [-0.1, -0.05) is 32.0 Å². The summed E-state index contributed by atoms with van der Waals surface area (Å²) in [6.45, 7) is 5.61. The lowest BCUT2D eigenvalue weighted by atomic mass is 10.1. The van der Waals surface area contributed by atoms with Crippen molar-refractivity contribution in [1.82, 2.24) is 10.3 Å². The van der Waals surface area contributed by atoms with E-state index in [1.807, 2.05) is 0 Å². The van der Waals surface area contributed by atoms with Crippen LogP contribution in [-0.4, -0.2) is 11.0 Å². The van der Waals surface area contributed by atoms with Crippen molar-refractivity contribution in [3.05, 3.63) is 36.0 Å². The Labute approximate surface area is 96.1 Å². The maximum atomic E-state index is 3.62. The van der Waals surface area contributed by atoms with E-state index >= 15 is 0 Å². The van der Waals surface area contributed by atoms with Gasteiger partial charge in [-0.3, -0.25) is 0 Å². The Balaban J connectivity index is 1.75. The van der Waals surface area contributed by atoms with E-state index in [1.54, 1.807) is 0 Å². The third-order valence-corrected chi connectivity index (χ3v) is 3.73. The molecule has 2 aromatic rings. The van der Waals surface area contributed by atoms with E-state index in [2.05, 4.69) is 54.6 Å². The highest BCUT2D eigenvalue weighted by molar-refractivity contribution is 5.82. The van der Waals surface area contributed by atoms with Gasteiger partial charge in [0.25, 0.3) is 0 Å². The van der Waals surface area contributed by atoms with Crippen molar-refractivity contribution in [2.45, 2.75) is 32.9 Å². The Morgan fingerprint density at radius 3 is 2.88 bits per heavy atom. The molecule has 1 atom stereocenters. The maximum absolute atomic E-state index is 3.62. The van der Waals surface area contributed by atoms with Gasteiger partial charge < -0.3 is 10.3 Å². The molecule has 2 nitrogen and oxygen atoms in total. The molecule has 0 saturated heterocycles. The van der Waals surface area contributed by atoms with Crippen LogP contribution in [0.1, 0.15) is 25.8 Å². The predicted molar refractivity (Wildman–Crippen MR) is 67.3 cm³/mol. The molecule has 1 saturated carbocycles. The van der Waals surface area contributed by atoms with Gasteiger partial charge in [0, 0.05) is 29.7 Å². The molecule has 0 amide bonds. The average Bonchev–Trinajstić information content (AvgIpc) is 2.73. The average molecular weight is 214 g/mol. The van der Waals surface area contributed by atoms with Gasteiger partial charge in [-0.25, -0.2) is 0 Å². The standard InChI is InChI=1S/C14H18N2/c1-14(2)7-13(14)16-9-10-8-15-12-6-4-3-5-11(10)12/h3-6,8,13,15-16H,7,9H2,1-2H3. The van der Waals surface area contributed by atoms with Crippen molar-refractivity contribution >= 4 is 10.9 Å². The number of nitrogens with one attached hydrogen (secondary N) is 2. The van der Waals surface area contributed by atoms with Crippen molar-refractivity contribution in [2.75, 3.05) is 0 Å². The quantitative estimate of drug-likeness (QED) is 0.807. The lowest BCUT2D eigenvalue weighted by molar-refractivity contribution is 0.543. The summed E-state index contributed by atoms with van der Waals surface area (Å²) in [5, 5.41) is 4.96. The van der Waals surface area contributed by atoms with Gasteiger partial charge in [0.2, 0.25) is 0 Å². The van der Waals surface area contributed by atoms with Gasteiger partial charge in [0.05, 0.1) is 0 Å². The minimum atomic E-state index is 0.506. The van der Waals surface area contributed by atoms with Crippen LogP contribution in [-0.2, 0) is 6.54 Å². The number of aromatic nitrogens is 1. The van der Waals surface area contributed by atoms with Gasteiger partial charge >= 0.3 is 0 Å². The molecule has 1 aliphatic rings. The first-order valence-electron chi connectivity index (χ1n) is 5.95. The molecular weight excluding hydrogens is 196 g/mol. The second-order valence-electron chi connectivity index (χ2n) is 5.49. The van der Waals surface area contributed by atoms with Crippen LogP contribution in [0, 0.1) is 5.41 Å². The van der Waals surface area contributed by atoms with Crippen LogP contribution in [0.2, 0.25) is 0 Å². The van der Waals surface area contributed by atoms with Gasteiger partial charge in [0.1, 0.15) is 0 Å². The van der Waals surface area contributed by atoms with E-state index < -0.39 is 0 Å². The smallest absolute Gasteiger partial charge is 0.0457 e. The number of H-pyrrole nitrogens is 1. The first-order valence-corrected chi connectivity index (χ1v) is 5.95. The van der Waals surface area contributed by atoms with Crippen molar-refractivity contribution in [2.24, 2.45) is 5.41 Å². The van der Waals surface area contributed by atoms with Crippen molar-refractivity contribution < 1.29 is 0 Å². The lowest BCUT2D eigenvalue weighted by Crippen LogP contribution is -2.19. The summed E-state index contributed by atoms with van der Waals surface area (Å²) in [4.78, 5) is 3.31. The summed E-state index contributed by atoms with van der Waals surface area (Å²) in [7, 11) is 0. The zero-order valence-electron chi connectivity index (χ0n) is 9.88. The second kappa shape index (κ2) is 3.36. The number of hydrogen-bond donors (Lipinski definition) is 2. The molecule has 16 heavy (non-hydrogen) atoms. The minimum absolute atomic E-state index is 0.506. The van der Waals surface area contributed by atoms with Crippen LogP contribution in [0.4, 0.5) is 0 Å². The van der Waals surface area contributed by atoms with Crippen LogP contribution >= 0.6 is 0 Å². The molecule has 0 radical (unpaired) electrons. The Morgan fingerprint density at radius 1 is 1.38 bits per heavy atom. The lowest BCUT2D eigenvalue weighted by Gasteiger charge is -2.05. The molecular formula is C14H18N2. The molecule has 0 spiro atoms. The van der Waals surface area contributed by atoms with Crippen LogP contribution in [0.5, 0.6) is 0 Å². The Hall–Kier alpha value is -1.28. The fourth-order valence-electron chi connectivity index (χ4n) is 2.33. The van der Waals surface area contributed by atoms with E-state index in [0.29, 0.717) is 11.5 Å². The van der Waals surface area contributed by atoms with E-state index in [-0.39, 0.29) is 0 Å². The molecule has 0 aliphatic heterocycles. The third-order valence-electron chi connectivity index (χ3n) is 3.73. The second-order valence-corrected chi connectivity index (χ2v) is 5.49. The Kier molecular flexibility index (Phi) is 2.08. The number of hydrogen-bond acceptors (Lipinski definition) is 1. The highest BCUT2D eigenvalue weighted by Gasteiger charge is 2.44. The fourth-order valence-corrected chi connectivity index (χ4v) is 2.33. The number of fused-ring (bicyclic) bond motifs is 1. The first kappa shape index (κ1) is 9.91. The zero-order valence-corrected chi connectivity index (χ0v) is 9.88. The molecule has 3 rings (SSSR count). The maximum Gasteiger partial charge on any atom is 0.0457 e. The molecule has 2 heteroatoms. The molecule has 1 unspecified atom stereocenters. The summed E-state index contributed by atoms with van der Waals surface area (Å²) < 4.78 is 0. The molecule has 1 heterocycles. The largest absolute Gasteiger partial charge is 0.361 e. The third kappa shape index (κ3) is 1.63. The van der Waals surface area contributed by atoms with Crippen LogP contribution < -0.4 is 5.32 Å². The SMILES string of the molecule is CC1(C)CC1NCc1c[nH]c2ccccc12. The summed E-state index contributed by atoms with van der Waals surface area (Å²) >= 11 is 0. The van der Waals surface area contributed by atoms with Crippen molar-refractivity contribution in [3.8, 4) is 0 Å². The topological polar surface area (TPSA) is 27.8 Å². The molecule has 1 fully saturated rings. The van der Waals surface area contributed by atoms with Crippen LogP contribution in [0.3, 0.4) is 0 Å². The van der Waals surface area contributed by atoms with Crippen molar-refractivity contribution in [1.29, 1.82) is 0 Å². The van der Waals surface area contributed by atoms with Crippen molar-refractivity contribution in [3.63, 3.8) is 0 Å². The highest BCUT2D eigenvalue weighted by Crippen LogP contribution is 2.44. The highest BCUT2D eigenvalue weighted by atomic mass is 15.0. The van der Waals surface area contributed by atoms with E-state index in [9.17, 15) is 0 Å². The molecule has 1 aromatic carbocycles. The summed E-state index contributed by atoms with van der Waals surface area (Å²) in [6.07, 6.45) is 3.42. The van der Waals surface area contributed by atoms with Crippen LogP contribution in [0.25, 0.3) is 10.9 Å². The summed E-state index contributed by atoms with van der Waals surface area (Å²) in [6, 6.07) is 9.17. The molecule has 0 bridgehead atoms. The fraction of sp³-hybridized carbons (Fsp3) is 0.429. The number of rotatable bonds is 3. The predicted octanol–water partition coefficient (Wildman–Crippen LogP) is 3.06. The van der Waals surface area contributed by atoms with Gasteiger partial charge in [-0.2, -0.15) is 0 Å². The van der Waals surface area contributed by atoms with E-state index in [0.717, 1.165) is 6.54 Å². The number of aromatic amines is 1. The Bertz CT molecular complexity index is 510. The molecule has 1 aromatic heterocycles. The molecule has 84 valence electrons. The van der Waals surface area contributed by atoms with Gasteiger partial charge in [-0.05, 0) is 23.5 Å². The zero-order chi connectivity index (χ0) is 11.2. The molecule has 2 N–H and O–H groups in total. The number of benzene rings is 1. The summed E-state index contributed by atoms with van der Waals surface area (Å²) in [5.41, 5.74) is 3.11. The van der Waals surface area contributed by atoms with Crippen LogP contribution in [0.15, 0.2) is 30.5 Å². The van der Waals surface area contributed by atoms with Gasteiger partial charge in [-0.15, -0.1) is 0 Å². The normalized spacial score (nSPS) is 22.5. The summed E-state index contributed by atoms with van der Waals surface area (Å²) in [5.74, 6) is 0. The van der Waals surface area contributed by atoms with E-state index in [4.69, 9.17) is 0 Å².